The molecule has 0 saturated carbocycles. The molecule has 0 aromatic rings. The Morgan fingerprint density at radius 2 is 2.11 bits per heavy atom. The fourth-order valence-corrected chi connectivity index (χ4v) is 3.81. The molecule has 0 aromatic heterocycles. The van der Waals surface area contributed by atoms with E-state index in [0.29, 0.717) is 18.2 Å². The summed E-state index contributed by atoms with van der Waals surface area (Å²) < 4.78 is 0. The van der Waals surface area contributed by atoms with Gasteiger partial charge in [0.25, 0.3) is 0 Å². The van der Waals surface area contributed by atoms with Crippen LogP contribution in [0.25, 0.3) is 0 Å². The molecule has 2 saturated heterocycles. The zero-order valence-electron chi connectivity index (χ0n) is 11.2. The normalized spacial score (nSPS) is 24.5. The molecule has 0 aromatic carbocycles. The van der Waals surface area contributed by atoms with Gasteiger partial charge in [-0.25, -0.2) is 9.59 Å². The number of piperidine rings is 1. The number of carboxylic acid groups (broad SMARTS) is 1. The highest BCUT2D eigenvalue weighted by atomic mass is 32.2. The van der Waals surface area contributed by atoms with E-state index >= 15 is 0 Å². The highest BCUT2D eigenvalue weighted by Gasteiger charge is 2.38. The average molecular weight is 287 g/mol. The largest absolute Gasteiger partial charge is 0.480 e. The Labute approximate surface area is 117 Å². The van der Waals surface area contributed by atoms with Crippen LogP contribution in [0.2, 0.25) is 0 Å². The first-order valence-electron chi connectivity index (χ1n) is 6.73. The number of carbonyl (C=O) groups is 2. The van der Waals surface area contributed by atoms with Crippen molar-refractivity contribution in [3.05, 3.63) is 0 Å². The Morgan fingerprint density at radius 1 is 1.42 bits per heavy atom. The third kappa shape index (κ3) is 3.14. The second-order valence-corrected chi connectivity index (χ2v) is 5.87. The van der Waals surface area contributed by atoms with E-state index in [4.69, 9.17) is 5.11 Å². The summed E-state index contributed by atoms with van der Waals surface area (Å²) in [5.74, 6) is 0.0713. The van der Waals surface area contributed by atoms with E-state index in [0.717, 1.165) is 25.9 Å². The molecule has 0 unspecified atom stereocenters. The highest BCUT2D eigenvalue weighted by molar-refractivity contribution is 7.99. The number of carbonyl (C=O) groups excluding carboxylic acids is 1. The molecule has 0 radical (unpaired) electrons. The molecular weight excluding hydrogens is 266 g/mol. The van der Waals surface area contributed by atoms with E-state index in [2.05, 4.69) is 5.32 Å². The summed E-state index contributed by atoms with van der Waals surface area (Å²) in [6.45, 7) is 4.44. The Morgan fingerprint density at radius 3 is 2.68 bits per heavy atom. The summed E-state index contributed by atoms with van der Waals surface area (Å²) in [5.41, 5.74) is 0. The number of amides is 2. The van der Waals surface area contributed by atoms with E-state index in [1.54, 1.807) is 0 Å². The first kappa shape index (κ1) is 14.5. The van der Waals surface area contributed by atoms with Crippen molar-refractivity contribution >= 4 is 23.8 Å². The maximum absolute atomic E-state index is 12.5. The van der Waals surface area contributed by atoms with Gasteiger partial charge in [0, 0.05) is 18.3 Å². The van der Waals surface area contributed by atoms with Crippen molar-refractivity contribution in [1.29, 1.82) is 0 Å². The van der Waals surface area contributed by atoms with Gasteiger partial charge in [0.1, 0.15) is 6.04 Å². The molecule has 2 rings (SSSR count). The predicted molar refractivity (Wildman–Crippen MR) is 74.3 cm³/mol. The van der Waals surface area contributed by atoms with E-state index in [9.17, 15) is 9.59 Å². The zero-order chi connectivity index (χ0) is 13.8. The minimum atomic E-state index is -0.903. The van der Waals surface area contributed by atoms with Crippen LogP contribution in [-0.4, -0.2) is 70.3 Å². The van der Waals surface area contributed by atoms with E-state index in [-0.39, 0.29) is 12.1 Å². The van der Waals surface area contributed by atoms with E-state index in [1.165, 1.54) is 16.7 Å². The Balaban J connectivity index is 2.05. The van der Waals surface area contributed by atoms with Crippen molar-refractivity contribution in [2.75, 3.05) is 31.3 Å². The Bertz CT molecular complexity index is 347. The fraction of sp³-hybridized carbons (Fsp3) is 0.833. The lowest BCUT2D eigenvalue weighted by atomic mass is 10.1. The number of thioether (sulfide) groups is 1. The van der Waals surface area contributed by atoms with Crippen LogP contribution in [0.3, 0.4) is 0 Å². The van der Waals surface area contributed by atoms with Crippen LogP contribution in [0.1, 0.15) is 19.8 Å². The van der Waals surface area contributed by atoms with Gasteiger partial charge in [0.15, 0.2) is 0 Å². The molecule has 108 valence electrons. The van der Waals surface area contributed by atoms with Crippen LogP contribution in [0, 0.1) is 0 Å². The van der Waals surface area contributed by atoms with Crippen molar-refractivity contribution in [1.82, 2.24) is 15.1 Å². The molecule has 2 aliphatic rings. The highest BCUT2D eigenvalue weighted by Crippen LogP contribution is 2.24. The number of nitrogens with zero attached hydrogens (tertiary/aromatic N) is 2. The molecular formula is C12H21N3O3S. The van der Waals surface area contributed by atoms with Crippen molar-refractivity contribution in [3.8, 4) is 0 Å². The summed E-state index contributed by atoms with van der Waals surface area (Å²) in [4.78, 5) is 27.0. The van der Waals surface area contributed by atoms with Gasteiger partial charge in [-0.1, -0.05) is 0 Å². The van der Waals surface area contributed by atoms with Gasteiger partial charge in [0.05, 0.1) is 5.88 Å². The first-order valence-corrected chi connectivity index (χ1v) is 7.89. The zero-order valence-corrected chi connectivity index (χ0v) is 12.0. The van der Waals surface area contributed by atoms with Crippen molar-refractivity contribution in [2.45, 2.75) is 31.8 Å². The van der Waals surface area contributed by atoms with Gasteiger partial charge < -0.3 is 20.2 Å². The number of carboxylic acids is 1. The molecule has 7 heteroatoms. The van der Waals surface area contributed by atoms with Crippen molar-refractivity contribution in [2.24, 2.45) is 0 Å². The van der Waals surface area contributed by atoms with Crippen LogP contribution < -0.4 is 5.32 Å². The fourth-order valence-electron chi connectivity index (χ4n) is 2.67. The van der Waals surface area contributed by atoms with Crippen LogP contribution in [-0.2, 0) is 4.79 Å². The smallest absolute Gasteiger partial charge is 0.327 e. The number of rotatable bonds is 3. The molecule has 1 atom stereocenters. The molecule has 6 nitrogen and oxygen atoms in total. The molecule has 0 aliphatic carbocycles. The minimum Gasteiger partial charge on any atom is -0.480 e. The monoisotopic (exact) mass is 287 g/mol. The van der Waals surface area contributed by atoms with Crippen LogP contribution >= 0.6 is 11.8 Å². The second-order valence-electron chi connectivity index (χ2n) is 4.87. The van der Waals surface area contributed by atoms with Gasteiger partial charge in [-0.05, 0) is 32.9 Å². The third-order valence-electron chi connectivity index (χ3n) is 3.75. The second kappa shape index (κ2) is 6.47. The number of aliphatic carboxylic acids is 1. The minimum absolute atomic E-state index is 0.119. The van der Waals surface area contributed by atoms with E-state index in [1.807, 2.05) is 11.8 Å². The predicted octanol–water partition coefficient (Wildman–Crippen LogP) is 0.640. The molecule has 2 fully saturated rings. The van der Waals surface area contributed by atoms with Gasteiger partial charge in [-0.3, -0.25) is 0 Å². The summed E-state index contributed by atoms with van der Waals surface area (Å²) in [6.07, 6.45) is 1.89. The maximum Gasteiger partial charge on any atom is 0.327 e. The number of urea groups is 1. The van der Waals surface area contributed by atoms with E-state index < -0.39 is 12.0 Å². The Hall–Kier alpha value is -0.950. The average Bonchev–Trinajstić information content (AvgIpc) is 2.90. The van der Waals surface area contributed by atoms with Crippen molar-refractivity contribution in [3.63, 3.8) is 0 Å². The molecule has 2 amide bonds. The molecule has 0 spiro atoms. The summed E-state index contributed by atoms with van der Waals surface area (Å²) in [7, 11) is 0. The standard InChI is InChI=1S/C12H21N3O3S/c1-2-14(9-3-5-13-6-4-9)12(18)15-8-19-7-10(15)11(16)17/h9-10,13H,2-8H2,1H3,(H,16,17)/t10-/m0/s1. The van der Waals surface area contributed by atoms with Crippen molar-refractivity contribution < 1.29 is 14.7 Å². The molecule has 0 bridgehead atoms. The molecule has 2 heterocycles. The summed E-state index contributed by atoms with van der Waals surface area (Å²) >= 11 is 1.51. The van der Waals surface area contributed by atoms with Crippen LogP contribution in [0.5, 0.6) is 0 Å². The summed E-state index contributed by atoms with van der Waals surface area (Å²) in [6, 6.07) is -0.557. The van der Waals surface area contributed by atoms with Gasteiger partial charge in [-0.2, -0.15) is 0 Å². The van der Waals surface area contributed by atoms with Gasteiger partial charge in [-0.15, -0.1) is 11.8 Å². The SMILES string of the molecule is CCN(C(=O)N1CSC[C@H]1C(=O)O)C1CCNCC1. The molecule has 2 N–H and O–H groups in total. The summed E-state index contributed by atoms with van der Waals surface area (Å²) in [5, 5.41) is 12.4. The number of hydrogen-bond acceptors (Lipinski definition) is 4. The van der Waals surface area contributed by atoms with Crippen LogP contribution in [0.4, 0.5) is 4.79 Å². The van der Waals surface area contributed by atoms with Gasteiger partial charge in [0.2, 0.25) is 0 Å². The lowest BCUT2D eigenvalue weighted by molar-refractivity contribution is -0.141. The number of nitrogens with one attached hydrogen (secondary N) is 1. The quantitative estimate of drug-likeness (QED) is 0.797. The Kier molecular flexibility index (Phi) is 4.93. The maximum atomic E-state index is 12.5. The molecule has 19 heavy (non-hydrogen) atoms. The number of hydrogen-bond donors (Lipinski definition) is 2. The lowest BCUT2D eigenvalue weighted by Gasteiger charge is -2.37. The third-order valence-corrected chi connectivity index (χ3v) is 4.76. The lowest BCUT2D eigenvalue weighted by Crippen LogP contribution is -2.53. The molecule has 2 aliphatic heterocycles. The topological polar surface area (TPSA) is 72.9 Å². The van der Waals surface area contributed by atoms with Gasteiger partial charge >= 0.3 is 12.0 Å². The van der Waals surface area contributed by atoms with Crippen LogP contribution in [0.15, 0.2) is 0 Å². The first-order chi connectivity index (χ1) is 9.15.